The third kappa shape index (κ3) is 3.64. The van der Waals surface area contributed by atoms with Crippen molar-refractivity contribution in [2.75, 3.05) is 5.75 Å². The fraction of sp³-hybridized carbons (Fsp3) is 0.500. The molecule has 1 fully saturated rings. The van der Waals surface area contributed by atoms with Crippen molar-refractivity contribution in [1.82, 2.24) is 0 Å². The van der Waals surface area contributed by atoms with Crippen molar-refractivity contribution in [2.45, 2.75) is 43.3 Å². The largest absolute Gasteiger partial charge is 0.366 e. The van der Waals surface area contributed by atoms with Crippen LogP contribution in [0.25, 0.3) is 0 Å². The van der Waals surface area contributed by atoms with Gasteiger partial charge in [-0.1, -0.05) is 18.2 Å². The fourth-order valence-corrected chi connectivity index (χ4v) is 3.63. The van der Waals surface area contributed by atoms with Crippen LogP contribution in [0.5, 0.6) is 0 Å². The summed E-state index contributed by atoms with van der Waals surface area (Å²) in [5, 5.41) is 0. The molecule has 19 heavy (non-hydrogen) atoms. The van der Waals surface area contributed by atoms with Crippen LogP contribution in [0.3, 0.4) is 0 Å². The standard InChI is InChI=1S/C14H18O4S/c1-11-6-5-9-13(15)14(18-11)10-19(16,17)12-7-3-2-4-8-12/h2-4,7-8,11,14H,5-6,9-10H2,1H3/t11-,14-/m0/s1. The number of carbonyl (C=O) groups is 1. The summed E-state index contributed by atoms with van der Waals surface area (Å²) in [6.45, 7) is 1.88. The third-order valence-electron chi connectivity index (χ3n) is 3.26. The number of sulfone groups is 1. The highest BCUT2D eigenvalue weighted by molar-refractivity contribution is 7.91. The zero-order chi connectivity index (χ0) is 13.9. The van der Waals surface area contributed by atoms with Gasteiger partial charge >= 0.3 is 0 Å². The molecule has 1 aromatic rings. The predicted octanol–water partition coefficient (Wildman–Crippen LogP) is 1.99. The van der Waals surface area contributed by atoms with E-state index < -0.39 is 15.9 Å². The fourth-order valence-electron chi connectivity index (χ4n) is 2.20. The summed E-state index contributed by atoms with van der Waals surface area (Å²) >= 11 is 0. The molecule has 4 nitrogen and oxygen atoms in total. The van der Waals surface area contributed by atoms with E-state index in [4.69, 9.17) is 4.74 Å². The van der Waals surface area contributed by atoms with Crippen LogP contribution in [-0.2, 0) is 19.4 Å². The molecule has 5 heteroatoms. The summed E-state index contributed by atoms with van der Waals surface area (Å²) in [4.78, 5) is 12.1. The van der Waals surface area contributed by atoms with Crippen molar-refractivity contribution in [3.63, 3.8) is 0 Å². The Balaban J connectivity index is 2.17. The van der Waals surface area contributed by atoms with E-state index in [9.17, 15) is 13.2 Å². The van der Waals surface area contributed by atoms with Crippen molar-refractivity contribution < 1.29 is 17.9 Å². The Labute approximate surface area is 113 Å². The first kappa shape index (κ1) is 14.2. The van der Waals surface area contributed by atoms with Crippen LogP contribution < -0.4 is 0 Å². The van der Waals surface area contributed by atoms with Gasteiger partial charge in [0.25, 0.3) is 0 Å². The molecule has 0 N–H and O–H groups in total. The number of Topliss-reactive ketones (excluding diaryl/α,β-unsaturated/α-hetero) is 1. The minimum Gasteiger partial charge on any atom is -0.366 e. The first-order chi connectivity index (χ1) is 8.99. The number of benzene rings is 1. The van der Waals surface area contributed by atoms with Gasteiger partial charge in [-0.2, -0.15) is 0 Å². The molecule has 1 aromatic carbocycles. The monoisotopic (exact) mass is 282 g/mol. The number of carbonyl (C=O) groups excluding carboxylic acids is 1. The SMILES string of the molecule is C[C@H]1CCCC(=O)[C@H](CS(=O)(=O)c2ccccc2)O1. The van der Waals surface area contributed by atoms with Crippen molar-refractivity contribution in [3.8, 4) is 0 Å². The number of hydrogen-bond donors (Lipinski definition) is 0. The molecule has 2 atom stereocenters. The van der Waals surface area contributed by atoms with Crippen LogP contribution in [0.15, 0.2) is 35.2 Å². The molecule has 1 aliphatic heterocycles. The summed E-state index contributed by atoms with van der Waals surface area (Å²) in [5.74, 6) is -0.371. The molecule has 2 rings (SSSR count). The molecule has 0 radical (unpaired) electrons. The molecule has 104 valence electrons. The molecule has 1 saturated heterocycles. The number of hydrogen-bond acceptors (Lipinski definition) is 4. The zero-order valence-electron chi connectivity index (χ0n) is 10.9. The second-order valence-corrected chi connectivity index (χ2v) is 6.92. The van der Waals surface area contributed by atoms with E-state index in [2.05, 4.69) is 0 Å². The van der Waals surface area contributed by atoms with Crippen LogP contribution in [0.2, 0.25) is 0 Å². The van der Waals surface area contributed by atoms with Gasteiger partial charge in [0.2, 0.25) is 0 Å². The second-order valence-electron chi connectivity index (χ2n) is 4.89. The zero-order valence-corrected chi connectivity index (χ0v) is 11.7. The van der Waals surface area contributed by atoms with Gasteiger partial charge in [-0.25, -0.2) is 8.42 Å². The summed E-state index contributed by atoms with van der Waals surface area (Å²) in [6.07, 6.45) is 1.07. The number of ether oxygens (including phenoxy) is 1. The van der Waals surface area contributed by atoms with Crippen LogP contribution in [0, 0.1) is 0 Å². The van der Waals surface area contributed by atoms with Crippen molar-refractivity contribution >= 4 is 15.6 Å². The molecular formula is C14H18O4S. The lowest BCUT2D eigenvalue weighted by atomic mass is 10.1. The first-order valence-electron chi connectivity index (χ1n) is 6.45. The third-order valence-corrected chi connectivity index (χ3v) is 4.99. The van der Waals surface area contributed by atoms with Crippen LogP contribution in [-0.4, -0.2) is 32.2 Å². The van der Waals surface area contributed by atoms with Crippen LogP contribution >= 0.6 is 0 Å². The van der Waals surface area contributed by atoms with Gasteiger partial charge in [0.1, 0.15) is 6.10 Å². The van der Waals surface area contributed by atoms with Crippen LogP contribution in [0.1, 0.15) is 26.2 Å². The molecule has 0 saturated carbocycles. The maximum Gasteiger partial charge on any atom is 0.181 e. The van der Waals surface area contributed by atoms with Gasteiger partial charge in [0.15, 0.2) is 15.6 Å². The normalized spacial score (nSPS) is 25.0. The van der Waals surface area contributed by atoms with Crippen LogP contribution in [0.4, 0.5) is 0 Å². The van der Waals surface area contributed by atoms with Gasteiger partial charge in [-0.05, 0) is 31.9 Å². The molecule has 0 bridgehead atoms. The number of rotatable bonds is 3. The van der Waals surface area contributed by atoms with Crippen molar-refractivity contribution in [1.29, 1.82) is 0 Å². The molecule has 1 aliphatic rings. The van der Waals surface area contributed by atoms with Gasteiger partial charge in [0.05, 0.1) is 16.8 Å². The maximum atomic E-state index is 12.2. The van der Waals surface area contributed by atoms with Crippen molar-refractivity contribution in [3.05, 3.63) is 30.3 Å². The highest BCUT2D eigenvalue weighted by atomic mass is 32.2. The molecule has 0 spiro atoms. The Morgan fingerprint density at radius 2 is 1.95 bits per heavy atom. The topological polar surface area (TPSA) is 60.4 Å². The quantitative estimate of drug-likeness (QED) is 0.850. The van der Waals surface area contributed by atoms with Gasteiger partial charge in [0, 0.05) is 6.42 Å². The lowest BCUT2D eigenvalue weighted by molar-refractivity contribution is -0.129. The van der Waals surface area contributed by atoms with Gasteiger partial charge in [-0.15, -0.1) is 0 Å². The van der Waals surface area contributed by atoms with Crippen molar-refractivity contribution in [2.24, 2.45) is 0 Å². The first-order valence-corrected chi connectivity index (χ1v) is 8.10. The Morgan fingerprint density at radius 1 is 1.26 bits per heavy atom. The Kier molecular flexibility index (Phi) is 4.37. The predicted molar refractivity (Wildman–Crippen MR) is 71.7 cm³/mol. The molecular weight excluding hydrogens is 264 g/mol. The average molecular weight is 282 g/mol. The van der Waals surface area contributed by atoms with E-state index >= 15 is 0 Å². The van der Waals surface area contributed by atoms with E-state index in [-0.39, 0.29) is 22.5 Å². The van der Waals surface area contributed by atoms with E-state index in [1.54, 1.807) is 30.3 Å². The molecule has 1 heterocycles. The summed E-state index contributed by atoms with van der Waals surface area (Å²) in [7, 11) is -3.48. The highest BCUT2D eigenvalue weighted by Gasteiger charge is 2.30. The Bertz CT molecular complexity index is 536. The minimum absolute atomic E-state index is 0.0672. The molecule has 0 amide bonds. The summed E-state index contributed by atoms with van der Waals surface area (Å²) in [5.41, 5.74) is 0. The number of ketones is 1. The highest BCUT2D eigenvalue weighted by Crippen LogP contribution is 2.19. The van der Waals surface area contributed by atoms with E-state index in [1.807, 2.05) is 6.92 Å². The van der Waals surface area contributed by atoms with Gasteiger partial charge < -0.3 is 4.74 Å². The lowest BCUT2D eigenvalue weighted by Gasteiger charge is -2.17. The second kappa shape index (κ2) is 5.84. The molecule has 0 unspecified atom stereocenters. The average Bonchev–Trinajstić information content (AvgIpc) is 2.52. The smallest absolute Gasteiger partial charge is 0.181 e. The van der Waals surface area contributed by atoms with E-state index in [0.29, 0.717) is 6.42 Å². The maximum absolute atomic E-state index is 12.2. The molecule has 0 aliphatic carbocycles. The summed E-state index contributed by atoms with van der Waals surface area (Å²) in [6, 6.07) is 8.19. The Morgan fingerprint density at radius 3 is 2.63 bits per heavy atom. The Hall–Kier alpha value is -1.20. The van der Waals surface area contributed by atoms with Gasteiger partial charge in [-0.3, -0.25) is 4.79 Å². The lowest BCUT2D eigenvalue weighted by Crippen LogP contribution is -2.33. The molecule has 0 aromatic heterocycles. The summed E-state index contributed by atoms with van der Waals surface area (Å²) < 4.78 is 30.0. The van der Waals surface area contributed by atoms with E-state index in [0.717, 1.165) is 12.8 Å². The minimum atomic E-state index is -3.48. The van der Waals surface area contributed by atoms with E-state index in [1.165, 1.54) is 0 Å².